The van der Waals surface area contributed by atoms with Crippen molar-refractivity contribution in [2.45, 2.75) is 33.5 Å². The molecule has 0 bridgehead atoms. The first-order valence-corrected chi connectivity index (χ1v) is 10.3. The molecule has 0 saturated carbocycles. The van der Waals surface area contributed by atoms with Gasteiger partial charge in [-0.15, -0.1) is 0 Å². The van der Waals surface area contributed by atoms with Crippen molar-refractivity contribution in [2.24, 2.45) is 5.41 Å². The highest BCUT2D eigenvalue weighted by Gasteiger charge is 2.37. The average Bonchev–Trinajstić information content (AvgIpc) is 2.31. The van der Waals surface area contributed by atoms with Crippen LogP contribution in [0.15, 0.2) is 12.1 Å². The molecular formula is C14H21BF2O2Si. The first-order chi connectivity index (χ1) is 9.12. The van der Waals surface area contributed by atoms with E-state index < -0.39 is 26.8 Å². The summed E-state index contributed by atoms with van der Waals surface area (Å²) in [5, 5.41) is 0.495. The van der Waals surface area contributed by atoms with Crippen LogP contribution in [-0.4, -0.2) is 28.4 Å². The van der Waals surface area contributed by atoms with Crippen LogP contribution < -0.4 is 10.6 Å². The lowest BCUT2D eigenvalue weighted by molar-refractivity contribution is 0.0340. The van der Waals surface area contributed by atoms with Crippen molar-refractivity contribution in [3.05, 3.63) is 23.8 Å². The van der Waals surface area contributed by atoms with Crippen LogP contribution in [0.5, 0.6) is 0 Å². The van der Waals surface area contributed by atoms with E-state index in [1.54, 1.807) is 12.1 Å². The van der Waals surface area contributed by atoms with Gasteiger partial charge in [0.2, 0.25) is 0 Å². The second-order valence-electron chi connectivity index (χ2n) is 7.20. The zero-order valence-electron chi connectivity index (χ0n) is 12.7. The monoisotopic (exact) mass is 298 g/mol. The van der Waals surface area contributed by atoms with Gasteiger partial charge in [0.25, 0.3) is 0 Å². The molecule has 0 N–H and O–H groups in total. The van der Waals surface area contributed by atoms with Crippen LogP contribution in [0.4, 0.5) is 8.78 Å². The van der Waals surface area contributed by atoms with Crippen LogP contribution in [0.2, 0.25) is 19.6 Å². The van der Waals surface area contributed by atoms with Gasteiger partial charge in [-0.3, -0.25) is 0 Å². The van der Waals surface area contributed by atoms with Gasteiger partial charge >= 0.3 is 7.12 Å². The van der Waals surface area contributed by atoms with Gasteiger partial charge in [-0.1, -0.05) is 45.6 Å². The zero-order valence-corrected chi connectivity index (χ0v) is 13.7. The van der Waals surface area contributed by atoms with E-state index in [1.807, 2.05) is 33.5 Å². The van der Waals surface area contributed by atoms with Gasteiger partial charge in [0, 0.05) is 24.1 Å². The number of halogens is 2. The molecule has 0 aliphatic carbocycles. The highest BCUT2D eigenvalue weighted by molar-refractivity contribution is 6.88. The van der Waals surface area contributed by atoms with Crippen molar-refractivity contribution in [1.29, 1.82) is 0 Å². The Morgan fingerprint density at radius 3 is 2.10 bits per heavy atom. The van der Waals surface area contributed by atoms with Crippen molar-refractivity contribution in [3.63, 3.8) is 0 Å². The molecule has 2 rings (SSSR count). The van der Waals surface area contributed by atoms with Gasteiger partial charge in [-0.2, -0.15) is 0 Å². The number of rotatable bonds is 2. The maximum atomic E-state index is 14.3. The van der Waals surface area contributed by atoms with Crippen molar-refractivity contribution in [2.75, 3.05) is 13.2 Å². The summed E-state index contributed by atoms with van der Waals surface area (Å²) in [4.78, 5) is 0. The molecule has 20 heavy (non-hydrogen) atoms. The first kappa shape index (κ1) is 15.7. The second kappa shape index (κ2) is 5.24. The Hall–Kier alpha value is -0.718. The largest absolute Gasteiger partial charge is 0.497 e. The molecular weight excluding hydrogens is 277 g/mol. The Labute approximate surface area is 120 Å². The molecule has 0 radical (unpaired) electrons. The summed E-state index contributed by atoms with van der Waals surface area (Å²) in [6, 6.07) is 3.27. The molecule has 0 spiro atoms. The predicted molar refractivity (Wildman–Crippen MR) is 80.4 cm³/mol. The van der Waals surface area contributed by atoms with Gasteiger partial charge < -0.3 is 9.31 Å². The molecule has 1 saturated heterocycles. The molecule has 1 aliphatic heterocycles. The third-order valence-electron chi connectivity index (χ3n) is 3.43. The van der Waals surface area contributed by atoms with Crippen molar-refractivity contribution < 1.29 is 18.1 Å². The lowest BCUT2D eigenvalue weighted by atomic mass is 9.75. The molecule has 1 aromatic rings. The van der Waals surface area contributed by atoms with Gasteiger partial charge in [0.1, 0.15) is 0 Å². The minimum atomic E-state index is -1.90. The summed E-state index contributed by atoms with van der Waals surface area (Å²) in [6.45, 7) is 10.9. The van der Waals surface area contributed by atoms with Gasteiger partial charge in [0.15, 0.2) is 11.6 Å². The lowest BCUT2D eigenvalue weighted by Crippen LogP contribution is -2.50. The summed E-state index contributed by atoms with van der Waals surface area (Å²) in [7, 11) is -2.71. The predicted octanol–water partition coefficient (Wildman–Crippen LogP) is 2.28. The van der Waals surface area contributed by atoms with E-state index in [1.165, 1.54) is 0 Å². The summed E-state index contributed by atoms with van der Waals surface area (Å²) < 4.78 is 39.5. The number of hydrogen-bond donors (Lipinski definition) is 0. The molecule has 0 amide bonds. The summed E-state index contributed by atoms with van der Waals surface area (Å²) in [5.74, 6) is -1.59. The van der Waals surface area contributed by atoms with E-state index in [2.05, 4.69) is 0 Å². The van der Waals surface area contributed by atoms with Gasteiger partial charge in [0.05, 0.1) is 8.07 Å². The third-order valence-corrected chi connectivity index (χ3v) is 5.43. The van der Waals surface area contributed by atoms with Gasteiger partial charge in [-0.05, 0) is 5.19 Å². The molecule has 110 valence electrons. The quantitative estimate of drug-likeness (QED) is 0.780. The average molecular weight is 298 g/mol. The van der Waals surface area contributed by atoms with E-state index in [9.17, 15) is 8.78 Å². The Morgan fingerprint density at radius 2 is 1.60 bits per heavy atom. The number of benzene rings is 1. The second-order valence-corrected chi connectivity index (χ2v) is 12.2. The van der Waals surface area contributed by atoms with Crippen molar-refractivity contribution in [3.8, 4) is 0 Å². The Kier molecular flexibility index (Phi) is 4.10. The molecule has 1 aromatic carbocycles. The van der Waals surface area contributed by atoms with Crippen LogP contribution in [0.3, 0.4) is 0 Å². The smallest absolute Gasteiger partial charge is 0.407 e. The Bertz CT molecular complexity index is 505. The normalized spacial score (nSPS) is 19.2. The fourth-order valence-corrected chi connectivity index (χ4v) is 3.55. The van der Waals surface area contributed by atoms with E-state index in [-0.39, 0.29) is 10.9 Å². The van der Waals surface area contributed by atoms with E-state index in [0.29, 0.717) is 18.4 Å². The molecule has 6 heteroatoms. The molecule has 1 fully saturated rings. The van der Waals surface area contributed by atoms with E-state index >= 15 is 0 Å². The molecule has 0 unspecified atom stereocenters. The van der Waals surface area contributed by atoms with E-state index in [0.717, 1.165) is 0 Å². The molecule has 1 heterocycles. The fraction of sp³-hybridized carbons (Fsp3) is 0.571. The van der Waals surface area contributed by atoms with Crippen molar-refractivity contribution >= 4 is 25.8 Å². The Balaban J connectivity index is 2.29. The number of hydrogen-bond acceptors (Lipinski definition) is 2. The van der Waals surface area contributed by atoms with Gasteiger partial charge in [-0.25, -0.2) is 8.78 Å². The summed E-state index contributed by atoms with van der Waals surface area (Å²) in [6.07, 6.45) is 0. The molecule has 0 aromatic heterocycles. The highest BCUT2D eigenvalue weighted by atomic mass is 28.3. The first-order valence-electron chi connectivity index (χ1n) is 6.83. The van der Waals surface area contributed by atoms with Crippen LogP contribution in [0, 0.1) is 17.0 Å². The summed E-state index contributed by atoms with van der Waals surface area (Å²) >= 11 is 0. The minimum Gasteiger partial charge on any atom is -0.407 e. The molecule has 1 aliphatic rings. The van der Waals surface area contributed by atoms with Crippen LogP contribution in [0.1, 0.15) is 13.8 Å². The molecule has 0 atom stereocenters. The standard InChI is InChI=1S/C14H21BF2O2Si/c1-14(2)8-18-15(19-9-14)10-6-7-11(20(3,4)5)13(17)12(10)16/h6-7H,8-9H2,1-5H3. The maximum Gasteiger partial charge on any atom is 0.497 e. The zero-order chi connectivity index (χ0) is 15.1. The third kappa shape index (κ3) is 3.13. The van der Waals surface area contributed by atoms with E-state index in [4.69, 9.17) is 9.31 Å². The summed E-state index contributed by atoms with van der Waals surface area (Å²) in [5.41, 5.74) is 0.0593. The van der Waals surface area contributed by atoms with Crippen molar-refractivity contribution in [1.82, 2.24) is 0 Å². The minimum absolute atomic E-state index is 0.0935. The lowest BCUT2D eigenvalue weighted by Gasteiger charge is -2.33. The fourth-order valence-electron chi connectivity index (χ4n) is 2.20. The topological polar surface area (TPSA) is 18.5 Å². The maximum absolute atomic E-state index is 14.3. The van der Waals surface area contributed by atoms with Crippen LogP contribution >= 0.6 is 0 Å². The molecule has 2 nitrogen and oxygen atoms in total. The van der Waals surface area contributed by atoms with Crippen LogP contribution in [-0.2, 0) is 9.31 Å². The SMILES string of the molecule is CC1(C)COB(c2ccc([Si](C)(C)C)c(F)c2F)OC1. The Morgan fingerprint density at radius 1 is 1.05 bits per heavy atom. The van der Waals surface area contributed by atoms with Crippen LogP contribution in [0.25, 0.3) is 0 Å². The highest BCUT2D eigenvalue weighted by Crippen LogP contribution is 2.22.